The van der Waals surface area contributed by atoms with Crippen LogP contribution in [0.1, 0.15) is 59.8 Å². The van der Waals surface area contributed by atoms with Gasteiger partial charge in [0.05, 0.1) is 0 Å². The smallest absolute Gasteiger partial charge is 0.00743 e. The van der Waals surface area contributed by atoms with Crippen LogP contribution in [0.2, 0.25) is 0 Å². The number of allylic oxidation sites excluding steroid dienone is 8. The van der Waals surface area contributed by atoms with Crippen LogP contribution in [0.3, 0.4) is 0 Å². The van der Waals surface area contributed by atoms with Crippen LogP contribution in [-0.4, -0.2) is 6.54 Å². The molecule has 0 bridgehead atoms. The Hall–Kier alpha value is -1.08. The predicted molar refractivity (Wildman–Crippen MR) is 90.7 cm³/mol. The third-order valence-electron chi connectivity index (χ3n) is 4.13. The van der Waals surface area contributed by atoms with Crippen LogP contribution in [-0.2, 0) is 0 Å². The molecule has 20 heavy (non-hydrogen) atoms. The third-order valence-corrected chi connectivity index (χ3v) is 4.13. The minimum atomic E-state index is 0.329. The molecule has 0 atom stereocenters. The summed E-state index contributed by atoms with van der Waals surface area (Å²) in [5, 5.41) is 0. The monoisotopic (exact) mass is 273 g/mol. The Morgan fingerprint density at radius 2 is 2.10 bits per heavy atom. The van der Waals surface area contributed by atoms with Gasteiger partial charge in [-0.05, 0) is 63.5 Å². The first-order valence-electron chi connectivity index (χ1n) is 7.89. The van der Waals surface area contributed by atoms with Gasteiger partial charge >= 0.3 is 0 Å². The van der Waals surface area contributed by atoms with Gasteiger partial charge in [0, 0.05) is 0 Å². The van der Waals surface area contributed by atoms with E-state index in [1.807, 2.05) is 0 Å². The number of hydrogen-bond donors (Lipinski definition) is 1. The highest BCUT2D eigenvalue weighted by Crippen LogP contribution is 2.40. The zero-order chi connectivity index (χ0) is 15.0. The van der Waals surface area contributed by atoms with Crippen molar-refractivity contribution in [3.8, 4) is 0 Å². The molecule has 0 aliphatic heterocycles. The normalized spacial score (nSPS) is 20.4. The minimum absolute atomic E-state index is 0.329. The molecule has 1 heteroatoms. The summed E-state index contributed by atoms with van der Waals surface area (Å²) < 4.78 is 0. The maximum atomic E-state index is 5.47. The molecule has 0 aromatic rings. The van der Waals surface area contributed by atoms with Crippen LogP contribution in [0.25, 0.3) is 0 Å². The molecule has 0 fully saturated rings. The average Bonchev–Trinajstić information content (AvgIpc) is 2.37. The largest absolute Gasteiger partial charge is 0.330 e. The van der Waals surface area contributed by atoms with Gasteiger partial charge in [-0.25, -0.2) is 0 Å². The minimum Gasteiger partial charge on any atom is -0.330 e. The molecule has 0 heterocycles. The Bertz CT molecular complexity index is 419. The van der Waals surface area contributed by atoms with Gasteiger partial charge < -0.3 is 5.73 Å². The molecule has 0 saturated heterocycles. The Morgan fingerprint density at radius 1 is 1.35 bits per heavy atom. The van der Waals surface area contributed by atoms with Crippen LogP contribution in [0.15, 0.2) is 47.1 Å². The van der Waals surface area contributed by atoms with E-state index in [4.69, 9.17) is 5.73 Å². The fourth-order valence-corrected chi connectivity index (χ4v) is 2.83. The summed E-state index contributed by atoms with van der Waals surface area (Å²) in [7, 11) is 0. The lowest BCUT2D eigenvalue weighted by molar-refractivity contribution is 0.377. The van der Waals surface area contributed by atoms with Crippen molar-refractivity contribution in [3.05, 3.63) is 47.1 Å². The van der Waals surface area contributed by atoms with Crippen molar-refractivity contribution in [2.24, 2.45) is 11.1 Å². The molecule has 1 nitrogen and oxygen atoms in total. The van der Waals surface area contributed by atoms with Crippen molar-refractivity contribution in [2.45, 2.75) is 59.8 Å². The highest BCUT2D eigenvalue weighted by molar-refractivity contribution is 5.36. The topological polar surface area (TPSA) is 26.0 Å². The van der Waals surface area contributed by atoms with E-state index >= 15 is 0 Å². The van der Waals surface area contributed by atoms with Gasteiger partial charge in [0.1, 0.15) is 0 Å². The average molecular weight is 273 g/mol. The molecule has 0 spiro atoms. The summed E-state index contributed by atoms with van der Waals surface area (Å²) >= 11 is 0. The first-order valence-corrected chi connectivity index (χ1v) is 7.89. The van der Waals surface area contributed by atoms with Crippen molar-refractivity contribution >= 4 is 0 Å². The Labute approximate surface area is 125 Å². The molecule has 0 amide bonds. The van der Waals surface area contributed by atoms with E-state index < -0.39 is 0 Å². The first-order chi connectivity index (χ1) is 9.47. The van der Waals surface area contributed by atoms with Crippen LogP contribution in [0.5, 0.6) is 0 Å². The Balaban J connectivity index is 2.66. The van der Waals surface area contributed by atoms with Crippen molar-refractivity contribution in [2.75, 3.05) is 6.54 Å². The lowest BCUT2D eigenvalue weighted by atomic mass is 9.72. The highest BCUT2D eigenvalue weighted by atomic mass is 14.5. The van der Waals surface area contributed by atoms with Gasteiger partial charge in [-0.15, -0.1) is 0 Å². The summed E-state index contributed by atoms with van der Waals surface area (Å²) in [6, 6.07) is 0. The molecule has 0 saturated carbocycles. The molecule has 1 aliphatic carbocycles. The van der Waals surface area contributed by atoms with Crippen molar-refractivity contribution < 1.29 is 0 Å². The fraction of sp³-hybridized carbons (Fsp3) is 0.579. The van der Waals surface area contributed by atoms with Crippen LogP contribution in [0, 0.1) is 5.41 Å². The van der Waals surface area contributed by atoms with Crippen molar-refractivity contribution in [1.82, 2.24) is 0 Å². The lowest BCUT2D eigenvalue weighted by Gasteiger charge is -2.32. The van der Waals surface area contributed by atoms with E-state index in [1.54, 1.807) is 5.57 Å². The second-order valence-electron chi connectivity index (χ2n) is 6.53. The molecule has 0 aromatic heterocycles. The molecule has 1 rings (SSSR count). The van der Waals surface area contributed by atoms with Gasteiger partial charge in [0.2, 0.25) is 0 Å². The second-order valence-corrected chi connectivity index (χ2v) is 6.53. The van der Waals surface area contributed by atoms with Crippen LogP contribution < -0.4 is 5.73 Å². The molecule has 1 aliphatic rings. The fourth-order valence-electron chi connectivity index (χ4n) is 2.83. The highest BCUT2D eigenvalue weighted by Gasteiger charge is 2.26. The molecular formula is C19H31N. The zero-order valence-corrected chi connectivity index (χ0v) is 13.7. The van der Waals surface area contributed by atoms with Crippen LogP contribution in [0.4, 0.5) is 0 Å². The molecule has 0 unspecified atom stereocenters. The summed E-state index contributed by atoms with van der Waals surface area (Å²) in [5.41, 5.74) is 10.2. The molecule has 112 valence electrons. The van der Waals surface area contributed by atoms with E-state index in [9.17, 15) is 0 Å². The molecular weight excluding hydrogens is 242 g/mol. The van der Waals surface area contributed by atoms with E-state index in [0.29, 0.717) is 5.41 Å². The zero-order valence-electron chi connectivity index (χ0n) is 13.7. The molecule has 0 aromatic carbocycles. The van der Waals surface area contributed by atoms with Gasteiger partial charge in [-0.3, -0.25) is 0 Å². The summed E-state index contributed by atoms with van der Waals surface area (Å²) in [4.78, 5) is 0. The second kappa shape index (κ2) is 8.26. The molecule has 0 radical (unpaired) electrons. The summed E-state index contributed by atoms with van der Waals surface area (Å²) in [5.74, 6) is 0. The summed E-state index contributed by atoms with van der Waals surface area (Å²) in [6.45, 7) is 9.94. The third kappa shape index (κ3) is 5.50. The maximum Gasteiger partial charge on any atom is -0.00743 e. The van der Waals surface area contributed by atoms with Crippen molar-refractivity contribution in [1.29, 1.82) is 0 Å². The lowest BCUT2D eigenvalue weighted by Crippen LogP contribution is -2.19. The Morgan fingerprint density at radius 3 is 2.75 bits per heavy atom. The van der Waals surface area contributed by atoms with E-state index in [2.05, 4.69) is 58.1 Å². The van der Waals surface area contributed by atoms with Crippen LogP contribution >= 0.6 is 0 Å². The standard InChI is InChI=1S/C19H31N/c1-16(10-7-5-6-8-15-20)12-13-18-17(2)11-9-14-19(18,3)4/h5,7,10,12-13H,6,8-9,11,14-15,20H2,1-4H3/b7-5-,13-12+,16-10+. The van der Waals surface area contributed by atoms with E-state index in [-0.39, 0.29) is 0 Å². The predicted octanol–water partition coefficient (Wildman–Crippen LogP) is 5.31. The molecule has 2 N–H and O–H groups in total. The Kier molecular flexibility index (Phi) is 7.01. The SMILES string of the molecule is CC1=C(/C=C/C(C)=C/C=C\CCCN)C(C)(C)CCC1. The quantitative estimate of drug-likeness (QED) is 0.515. The number of hydrogen-bond acceptors (Lipinski definition) is 1. The van der Waals surface area contributed by atoms with E-state index in [1.165, 1.54) is 30.4 Å². The van der Waals surface area contributed by atoms with Crippen molar-refractivity contribution in [3.63, 3.8) is 0 Å². The van der Waals surface area contributed by atoms with E-state index in [0.717, 1.165) is 19.4 Å². The summed E-state index contributed by atoms with van der Waals surface area (Å²) in [6.07, 6.45) is 17.1. The number of rotatable bonds is 6. The number of nitrogens with two attached hydrogens (primary N) is 1. The number of unbranched alkanes of at least 4 members (excludes halogenated alkanes) is 1. The van der Waals surface area contributed by atoms with Gasteiger partial charge in [0.15, 0.2) is 0 Å². The van der Waals surface area contributed by atoms with Gasteiger partial charge in [-0.2, -0.15) is 0 Å². The van der Waals surface area contributed by atoms with Gasteiger partial charge in [-0.1, -0.05) is 55.4 Å². The first kappa shape index (κ1) is 17.0. The van der Waals surface area contributed by atoms with Gasteiger partial charge in [0.25, 0.3) is 0 Å². The maximum absolute atomic E-state index is 5.47.